The maximum Gasteiger partial charge on any atom is 0.145 e. The number of nitrogens with one attached hydrogen (secondary N) is 1. The van der Waals surface area contributed by atoms with Crippen LogP contribution in [0.25, 0.3) is 11.3 Å². The molecule has 2 aromatic rings. The summed E-state index contributed by atoms with van der Waals surface area (Å²) in [6.07, 6.45) is 0. The lowest BCUT2D eigenvalue weighted by atomic mass is 10.0. The molecule has 0 atom stereocenters. The number of rotatable bonds is 2. The molecule has 3 N–H and O–H groups in total. The Morgan fingerprint density at radius 2 is 2.06 bits per heavy atom. The van der Waals surface area contributed by atoms with E-state index < -0.39 is 0 Å². The fourth-order valence-corrected chi connectivity index (χ4v) is 2.02. The second-order valence-electron chi connectivity index (χ2n) is 3.92. The maximum absolute atomic E-state index is 6.20. The number of nitrogens with zero attached hydrogens (tertiary/aromatic N) is 1. The van der Waals surface area contributed by atoms with E-state index in [4.69, 9.17) is 22.1 Å². The van der Waals surface area contributed by atoms with Crippen LogP contribution in [0.4, 0.5) is 5.82 Å². The first-order valence-electron chi connectivity index (χ1n) is 5.19. The number of hydrogen-bond donors (Lipinski definition) is 2. The van der Waals surface area contributed by atoms with Crippen LogP contribution in [-0.4, -0.2) is 17.3 Å². The smallest absolute Gasteiger partial charge is 0.145 e. The van der Waals surface area contributed by atoms with Crippen molar-refractivity contribution in [2.75, 3.05) is 12.8 Å². The average molecular weight is 252 g/mol. The van der Waals surface area contributed by atoms with Gasteiger partial charge in [0.15, 0.2) is 0 Å². The van der Waals surface area contributed by atoms with Crippen molar-refractivity contribution in [1.29, 1.82) is 0 Å². The minimum Gasteiger partial charge on any atom is -0.496 e. The standard InChI is InChI=1S/C12H14ClN3O/c1-6-4-8(9-5-10(14)16-15-9)12(17-3)7(2)11(6)13/h4-5H,1-3H3,(H3,14,15,16). The van der Waals surface area contributed by atoms with Gasteiger partial charge in [-0.3, -0.25) is 5.10 Å². The van der Waals surface area contributed by atoms with E-state index in [1.165, 1.54) is 0 Å². The second kappa shape index (κ2) is 4.30. The van der Waals surface area contributed by atoms with Gasteiger partial charge in [-0.05, 0) is 25.5 Å². The number of aromatic amines is 1. The van der Waals surface area contributed by atoms with Gasteiger partial charge in [0.1, 0.15) is 11.6 Å². The van der Waals surface area contributed by atoms with Crippen molar-refractivity contribution in [3.63, 3.8) is 0 Å². The lowest BCUT2D eigenvalue weighted by molar-refractivity contribution is 0.413. The highest BCUT2D eigenvalue weighted by Crippen LogP contribution is 2.38. The van der Waals surface area contributed by atoms with Gasteiger partial charge in [-0.2, -0.15) is 5.10 Å². The molecule has 4 nitrogen and oxygen atoms in total. The molecule has 0 bridgehead atoms. The van der Waals surface area contributed by atoms with Crippen molar-refractivity contribution < 1.29 is 4.74 Å². The molecule has 0 amide bonds. The van der Waals surface area contributed by atoms with Crippen LogP contribution in [0.2, 0.25) is 5.02 Å². The van der Waals surface area contributed by atoms with E-state index in [1.54, 1.807) is 13.2 Å². The summed E-state index contributed by atoms with van der Waals surface area (Å²) in [5, 5.41) is 7.51. The Hall–Kier alpha value is -1.68. The zero-order valence-corrected chi connectivity index (χ0v) is 10.7. The van der Waals surface area contributed by atoms with Gasteiger partial charge in [-0.15, -0.1) is 0 Å². The van der Waals surface area contributed by atoms with Crippen LogP contribution in [0, 0.1) is 13.8 Å². The van der Waals surface area contributed by atoms with Gasteiger partial charge in [0.05, 0.1) is 17.8 Å². The summed E-state index contributed by atoms with van der Waals surface area (Å²) >= 11 is 6.20. The first-order chi connectivity index (χ1) is 8.04. The molecule has 0 unspecified atom stereocenters. The number of aromatic nitrogens is 2. The number of nitrogens with two attached hydrogens (primary N) is 1. The number of methoxy groups -OCH3 is 1. The van der Waals surface area contributed by atoms with Gasteiger partial charge >= 0.3 is 0 Å². The summed E-state index contributed by atoms with van der Waals surface area (Å²) in [6, 6.07) is 3.73. The molecule has 90 valence electrons. The second-order valence-corrected chi connectivity index (χ2v) is 4.30. The number of aryl methyl sites for hydroxylation is 1. The van der Waals surface area contributed by atoms with Gasteiger partial charge in [0.2, 0.25) is 0 Å². The molecule has 0 saturated heterocycles. The van der Waals surface area contributed by atoms with E-state index >= 15 is 0 Å². The first-order valence-corrected chi connectivity index (χ1v) is 5.57. The van der Waals surface area contributed by atoms with Crippen molar-refractivity contribution in [3.05, 3.63) is 28.3 Å². The molecule has 0 spiro atoms. The topological polar surface area (TPSA) is 63.9 Å². The molecule has 0 radical (unpaired) electrons. The van der Waals surface area contributed by atoms with Gasteiger partial charge < -0.3 is 10.5 Å². The van der Waals surface area contributed by atoms with E-state index in [0.29, 0.717) is 5.82 Å². The number of ether oxygens (including phenoxy) is 1. The van der Waals surface area contributed by atoms with Crippen molar-refractivity contribution >= 4 is 17.4 Å². The van der Waals surface area contributed by atoms with Crippen molar-refractivity contribution in [2.45, 2.75) is 13.8 Å². The quantitative estimate of drug-likeness (QED) is 0.863. The Kier molecular flexibility index (Phi) is 2.98. The van der Waals surface area contributed by atoms with E-state index in [0.717, 1.165) is 33.2 Å². The molecule has 1 aromatic heterocycles. The molecule has 1 heterocycles. The highest BCUT2D eigenvalue weighted by molar-refractivity contribution is 6.32. The van der Waals surface area contributed by atoms with Crippen molar-refractivity contribution in [3.8, 4) is 17.0 Å². The van der Waals surface area contributed by atoms with Gasteiger partial charge in [0.25, 0.3) is 0 Å². The maximum atomic E-state index is 6.20. The van der Waals surface area contributed by atoms with E-state index in [-0.39, 0.29) is 0 Å². The molecule has 0 fully saturated rings. The molecule has 0 aliphatic heterocycles. The van der Waals surface area contributed by atoms with Crippen LogP contribution in [0.5, 0.6) is 5.75 Å². The Morgan fingerprint density at radius 3 is 2.59 bits per heavy atom. The van der Waals surface area contributed by atoms with Gasteiger partial charge in [0, 0.05) is 17.2 Å². The summed E-state index contributed by atoms with van der Waals surface area (Å²) in [5.74, 6) is 1.19. The zero-order valence-electron chi connectivity index (χ0n) is 9.97. The Bertz CT molecular complexity index is 563. The molecule has 17 heavy (non-hydrogen) atoms. The van der Waals surface area contributed by atoms with Gasteiger partial charge in [-0.25, -0.2) is 0 Å². The predicted octanol–water partition coefficient (Wildman–Crippen LogP) is 2.94. The van der Waals surface area contributed by atoms with Crippen LogP contribution < -0.4 is 10.5 Å². The molecule has 0 aliphatic rings. The predicted molar refractivity (Wildman–Crippen MR) is 69.5 cm³/mol. The summed E-state index contributed by atoms with van der Waals surface area (Å²) < 4.78 is 5.40. The Morgan fingerprint density at radius 1 is 1.35 bits per heavy atom. The van der Waals surface area contributed by atoms with Crippen LogP contribution in [0.3, 0.4) is 0 Å². The third-order valence-corrected chi connectivity index (χ3v) is 3.30. The number of hydrogen-bond acceptors (Lipinski definition) is 3. The number of halogens is 1. The Balaban J connectivity index is 2.69. The summed E-state index contributed by atoms with van der Waals surface area (Å²) in [6.45, 7) is 3.88. The largest absolute Gasteiger partial charge is 0.496 e. The number of benzene rings is 1. The zero-order chi connectivity index (χ0) is 12.6. The third-order valence-electron chi connectivity index (χ3n) is 2.71. The summed E-state index contributed by atoms with van der Waals surface area (Å²) in [5.41, 5.74) is 9.25. The monoisotopic (exact) mass is 251 g/mol. The normalized spacial score (nSPS) is 10.6. The van der Waals surface area contributed by atoms with E-state index in [1.807, 2.05) is 19.9 Å². The number of anilines is 1. The minimum atomic E-state index is 0.451. The van der Waals surface area contributed by atoms with Crippen LogP contribution in [-0.2, 0) is 0 Å². The molecule has 0 saturated carbocycles. The van der Waals surface area contributed by atoms with Crippen LogP contribution in [0.1, 0.15) is 11.1 Å². The molecule has 0 aliphatic carbocycles. The molecule has 2 rings (SSSR count). The molecule has 1 aromatic carbocycles. The average Bonchev–Trinajstić information content (AvgIpc) is 2.72. The number of H-pyrrole nitrogens is 1. The van der Waals surface area contributed by atoms with E-state index in [9.17, 15) is 0 Å². The highest BCUT2D eigenvalue weighted by atomic mass is 35.5. The van der Waals surface area contributed by atoms with Crippen LogP contribution >= 0.6 is 11.6 Å². The summed E-state index contributed by atoms with van der Waals surface area (Å²) in [4.78, 5) is 0. The first kappa shape index (κ1) is 11.8. The lowest BCUT2D eigenvalue weighted by Crippen LogP contribution is -1.94. The highest BCUT2D eigenvalue weighted by Gasteiger charge is 2.15. The fraction of sp³-hybridized carbons (Fsp3) is 0.250. The molecular weight excluding hydrogens is 238 g/mol. The SMILES string of the molecule is COc1c(-c2cc(N)n[nH]2)cc(C)c(Cl)c1C. The summed E-state index contributed by atoms with van der Waals surface area (Å²) in [7, 11) is 1.62. The van der Waals surface area contributed by atoms with Crippen molar-refractivity contribution in [2.24, 2.45) is 0 Å². The van der Waals surface area contributed by atoms with Crippen molar-refractivity contribution in [1.82, 2.24) is 10.2 Å². The fourth-order valence-electron chi connectivity index (χ4n) is 1.88. The molecule has 5 heteroatoms. The third kappa shape index (κ3) is 1.96. The Labute approximate surface area is 105 Å². The van der Waals surface area contributed by atoms with Crippen LogP contribution in [0.15, 0.2) is 12.1 Å². The minimum absolute atomic E-state index is 0.451. The van der Waals surface area contributed by atoms with Gasteiger partial charge in [-0.1, -0.05) is 11.6 Å². The number of nitrogen functional groups attached to an aromatic ring is 1. The molecular formula is C12H14ClN3O. The lowest BCUT2D eigenvalue weighted by Gasteiger charge is -2.13. The van der Waals surface area contributed by atoms with E-state index in [2.05, 4.69) is 10.2 Å².